The predicted molar refractivity (Wildman–Crippen MR) is 63.4 cm³/mol. The summed E-state index contributed by atoms with van der Waals surface area (Å²) in [5.41, 5.74) is 0.00465. The first-order valence-corrected chi connectivity index (χ1v) is 5.69. The molecule has 1 rings (SSSR count). The van der Waals surface area contributed by atoms with Crippen LogP contribution in [0, 0.1) is 0 Å². The first-order valence-electron chi connectivity index (χ1n) is 4.43. The third-order valence-electron chi connectivity index (χ3n) is 1.63. The van der Waals surface area contributed by atoms with Crippen LogP contribution < -0.4 is 5.32 Å². The number of nitrogens with one attached hydrogen (secondary N) is 1. The van der Waals surface area contributed by atoms with Gasteiger partial charge in [-0.25, -0.2) is 4.98 Å². The molecule has 0 aliphatic carbocycles. The van der Waals surface area contributed by atoms with Gasteiger partial charge >= 0.3 is 0 Å². The van der Waals surface area contributed by atoms with Gasteiger partial charge in [0.15, 0.2) is 5.13 Å². The van der Waals surface area contributed by atoms with Crippen molar-refractivity contribution in [3.05, 3.63) is 10.5 Å². The molecule has 0 fully saturated rings. The van der Waals surface area contributed by atoms with E-state index >= 15 is 0 Å². The Morgan fingerprint density at radius 1 is 1.57 bits per heavy atom. The number of rotatable bonds is 4. The zero-order valence-corrected chi connectivity index (χ0v) is 10.5. The minimum Gasteiger partial charge on any atom is -0.355 e. The number of likely N-dealkylation sites (N-methyl/N-ethyl adjacent to an activating group) is 1. The lowest BCUT2D eigenvalue weighted by atomic mass is 10.1. The molecule has 0 saturated carbocycles. The van der Waals surface area contributed by atoms with Gasteiger partial charge in [-0.3, -0.25) is 0 Å². The van der Waals surface area contributed by atoms with Gasteiger partial charge in [-0.05, 0) is 27.9 Å². The van der Waals surface area contributed by atoms with Crippen molar-refractivity contribution in [1.82, 2.24) is 9.88 Å². The summed E-state index contributed by atoms with van der Waals surface area (Å²) in [5.74, 6) is 0. The Morgan fingerprint density at radius 2 is 2.21 bits per heavy atom. The van der Waals surface area contributed by atoms with Gasteiger partial charge in [0.1, 0.15) is 5.15 Å². The van der Waals surface area contributed by atoms with Gasteiger partial charge in [0.05, 0.1) is 0 Å². The molecule has 0 radical (unpaired) electrons. The molecule has 0 spiro atoms. The molecule has 0 amide bonds. The second-order valence-corrected chi connectivity index (χ2v) is 5.47. The summed E-state index contributed by atoms with van der Waals surface area (Å²) >= 11 is 7.27. The van der Waals surface area contributed by atoms with E-state index in [1.165, 1.54) is 11.3 Å². The topological polar surface area (TPSA) is 28.2 Å². The van der Waals surface area contributed by atoms with Gasteiger partial charge in [-0.2, -0.15) is 0 Å². The van der Waals surface area contributed by atoms with Gasteiger partial charge in [-0.1, -0.05) is 11.6 Å². The normalized spacial score (nSPS) is 12.1. The minimum absolute atomic E-state index is 0.00465. The summed E-state index contributed by atoms with van der Waals surface area (Å²) in [6, 6.07) is 0. The zero-order valence-electron chi connectivity index (χ0n) is 8.97. The van der Waals surface area contributed by atoms with Gasteiger partial charge in [0.2, 0.25) is 0 Å². The van der Waals surface area contributed by atoms with Crippen LogP contribution in [0.3, 0.4) is 0 Å². The standard InChI is InChI=1S/C9H16ClN3S/c1-9(2,6-13(3)4)12-8-11-7(10)5-14-8/h5H,6H2,1-4H3,(H,11,12). The van der Waals surface area contributed by atoms with Crippen molar-refractivity contribution in [1.29, 1.82) is 0 Å². The molecule has 0 atom stereocenters. The summed E-state index contributed by atoms with van der Waals surface area (Å²) in [6.07, 6.45) is 0. The summed E-state index contributed by atoms with van der Waals surface area (Å²) in [7, 11) is 4.11. The maximum absolute atomic E-state index is 5.74. The smallest absolute Gasteiger partial charge is 0.184 e. The van der Waals surface area contributed by atoms with E-state index < -0.39 is 0 Å². The Kier molecular flexibility index (Phi) is 3.75. The highest BCUT2D eigenvalue weighted by atomic mass is 35.5. The Bertz CT molecular complexity index is 296. The molecule has 0 aliphatic rings. The monoisotopic (exact) mass is 233 g/mol. The molecule has 3 nitrogen and oxygen atoms in total. The molecular formula is C9H16ClN3S. The Morgan fingerprint density at radius 3 is 2.64 bits per heavy atom. The number of nitrogens with zero attached hydrogens (tertiary/aromatic N) is 2. The summed E-state index contributed by atoms with van der Waals surface area (Å²) in [4.78, 5) is 6.30. The molecule has 0 aliphatic heterocycles. The molecule has 1 aromatic rings. The molecule has 1 aromatic heterocycles. The number of thiazole rings is 1. The van der Waals surface area contributed by atoms with Crippen LogP contribution in [-0.4, -0.2) is 36.1 Å². The van der Waals surface area contributed by atoms with Gasteiger partial charge < -0.3 is 10.2 Å². The van der Waals surface area contributed by atoms with Crippen molar-refractivity contribution >= 4 is 28.1 Å². The van der Waals surface area contributed by atoms with E-state index in [1.54, 1.807) is 0 Å². The fourth-order valence-electron chi connectivity index (χ4n) is 1.43. The van der Waals surface area contributed by atoms with E-state index in [0.29, 0.717) is 5.15 Å². The lowest BCUT2D eigenvalue weighted by Gasteiger charge is -2.29. The maximum atomic E-state index is 5.74. The van der Waals surface area contributed by atoms with Crippen molar-refractivity contribution in [3.8, 4) is 0 Å². The molecule has 1 N–H and O–H groups in total. The highest BCUT2D eigenvalue weighted by molar-refractivity contribution is 7.14. The molecule has 0 aromatic carbocycles. The van der Waals surface area contributed by atoms with Crippen molar-refractivity contribution < 1.29 is 0 Å². The highest BCUT2D eigenvalue weighted by Crippen LogP contribution is 2.22. The first kappa shape index (κ1) is 11.8. The van der Waals surface area contributed by atoms with Crippen LogP contribution in [0.25, 0.3) is 0 Å². The fraction of sp³-hybridized carbons (Fsp3) is 0.667. The van der Waals surface area contributed by atoms with Crippen LogP contribution in [0.15, 0.2) is 5.38 Å². The predicted octanol–water partition coefficient (Wildman–Crippen LogP) is 2.55. The van der Waals surface area contributed by atoms with Crippen molar-refractivity contribution in [2.45, 2.75) is 19.4 Å². The maximum Gasteiger partial charge on any atom is 0.184 e. The van der Waals surface area contributed by atoms with Crippen LogP contribution in [0.2, 0.25) is 5.15 Å². The average Bonchev–Trinajstić information content (AvgIpc) is 2.30. The van der Waals surface area contributed by atoms with Gasteiger partial charge in [0, 0.05) is 17.5 Å². The lowest BCUT2D eigenvalue weighted by molar-refractivity contribution is 0.334. The third kappa shape index (κ3) is 3.82. The molecule has 80 valence electrons. The van der Waals surface area contributed by atoms with Crippen LogP contribution in [0.5, 0.6) is 0 Å². The van der Waals surface area contributed by atoms with E-state index in [1.807, 2.05) is 5.38 Å². The lowest BCUT2D eigenvalue weighted by Crippen LogP contribution is -2.41. The molecule has 5 heteroatoms. The fourth-order valence-corrected chi connectivity index (χ4v) is 2.45. The average molecular weight is 234 g/mol. The van der Waals surface area contributed by atoms with Crippen LogP contribution in [0.4, 0.5) is 5.13 Å². The van der Waals surface area contributed by atoms with E-state index in [0.717, 1.165) is 11.7 Å². The molecule has 0 unspecified atom stereocenters. The van der Waals surface area contributed by atoms with Gasteiger partial charge in [-0.15, -0.1) is 11.3 Å². The molecule has 0 saturated heterocycles. The van der Waals surface area contributed by atoms with Gasteiger partial charge in [0.25, 0.3) is 0 Å². The number of hydrogen-bond donors (Lipinski definition) is 1. The summed E-state index contributed by atoms with van der Waals surface area (Å²) < 4.78 is 0. The van der Waals surface area contributed by atoms with Crippen LogP contribution in [-0.2, 0) is 0 Å². The van der Waals surface area contributed by atoms with E-state index in [4.69, 9.17) is 11.6 Å². The first-order chi connectivity index (χ1) is 6.39. The second kappa shape index (κ2) is 4.47. The van der Waals surface area contributed by atoms with Crippen molar-refractivity contribution in [3.63, 3.8) is 0 Å². The largest absolute Gasteiger partial charge is 0.355 e. The molecule has 1 heterocycles. The van der Waals surface area contributed by atoms with Crippen LogP contribution in [0.1, 0.15) is 13.8 Å². The minimum atomic E-state index is 0.00465. The second-order valence-electron chi connectivity index (χ2n) is 4.22. The summed E-state index contributed by atoms with van der Waals surface area (Å²) in [6.45, 7) is 5.23. The Labute approximate surface area is 94.1 Å². The molecule has 0 bridgehead atoms. The highest BCUT2D eigenvalue weighted by Gasteiger charge is 2.19. The Hall–Kier alpha value is -0.320. The number of aromatic nitrogens is 1. The molecular weight excluding hydrogens is 218 g/mol. The Balaban J connectivity index is 2.58. The SMILES string of the molecule is CN(C)CC(C)(C)Nc1nc(Cl)cs1. The van der Waals surface area contributed by atoms with E-state index in [-0.39, 0.29) is 5.54 Å². The van der Waals surface area contributed by atoms with E-state index in [2.05, 4.69) is 43.1 Å². The van der Waals surface area contributed by atoms with Crippen molar-refractivity contribution in [2.75, 3.05) is 26.0 Å². The zero-order chi connectivity index (χ0) is 10.8. The third-order valence-corrected chi connectivity index (χ3v) is 2.71. The number of anilines is 1. The quantitative estimate of drug-likeness (QED) is 0.867. The number of hydrogen-bond acceptors (Lipinski definition) is 4. The number of halogens is 1. The molecule has 14 heavy (non-hydrogen) atoms. The van der Waals surface area contributed by atoms with Crippen molar-refractivity contribution in [2.24, 2.45) is 0 Å². The summed E-state index contributed by atoms with van der Waals surface area (Å²) in [5, 5.41) is 6.61. The van der Waals surface area contributed by atoms with Crippen LogP contribution >= 0.6 is 22.9 Å². The van der Waals surface area contributed by atoms with E-state index in [9.17, 15) is 0 Å².